The molecule has 2 N–H and O–H groups in total. The van der Waals surface area contributed by atoms with Crippen LogP contribution in [0.1, 0.15) is 39.5 Å². The number of hydrogen-bond donors (Lipinski definition) is 1. The van der Waals surface area contributed by atoms with Crippen LogP contribution in [0.15, 0.2) is 0 Å². The molecule has 4 nitrogen and oxygen atoms in total. The first kappa shape index (κ1) is 15.2. The maximum absolute atomic E-state index is 6.20. The Morgan fingerprint density at radius 1 is 1.42 bits per heavy atom. The smallest absolute Gasteiger partial charge is 0.0616 e. The summed E-state index contributed by atoms with van der Waals surface area (Å²) in [6.07, 6.45) is 5.12. The minimum atomic E-state index is 0.132. The first-order valence-corrected chi connectivity index (χ1v) is 7.70. The molecule has 0 spiro atoms. The van der Waals surface area contributed by atoms with E-state index in [2.05, 4.69) is 18.7 Å². The van der Waals surface area contributed by atoms with Crippen molar-refractivity contribution in [3.63, 3.8) is 0 Å². The zero-order chi connectivity index (χ0) is 13.9. The monoisotopic (exact) mass is 270 g/mol. The molecule has 112 valence electrons. The van der Waals surface area contributed by atoms with Crippen LogP contribution in [-0.2, 0) is 9.47 Å². The van der Waals surface area contributed by atoms with Gasteiger partial charge in [0.05, 0.1) is 12.7 Å². The lowest BCUT2D eigenvalue weighted by molar-refractivity contribution is -0.0933. The highest BCUT2D eigenvalue weighted by atomic mass is 16.5. The number of rotatable bonds is 7. The number of hydrogen-bond acceptors (Lipinski definition) is 4. The van der Waals surface area contributed by atoms with Crippen LogP contribution in [0.25, 0.3) is 0 Å². The molecule has 1 heterocycles. The van der Waals surface area contributed by atoms with E-state index in [1.165, 1.54) is 12.8 Å². The van der Waals surface area contributed by atoms with E-state index in [4.69, 9.17) is 15.2 Å². The van der Waals surface area contributed by atoms with E-state index in [1.807, 2.05) is 0 Å². The van der Waals surface area contributed by atoms with E-state index in [9.17, 15) is 0 Å². The van der Waals surface area contributed by atoms with E-state index >= 15 is 0 Å². The largest absolute Gasteiger partial charge is 0.383 e. The fraction of sp³-hybridized carbons (Fsp3) is 1.00. The molecule has 1 aliphatic carbocycles. The SMILES string of the molecule is COCCN(C1CC1)C1(CN)CCOC(C(C)C)C1. The third-order valence-corrected chi connectivity index (χ3v) is 4.74. The average molecular weight is 270 g/mol. The summed E-state index contributed by atoms with van der Waals surface area (Å²) in [5.41, 5.74) is 6.33. The summed E-state index contributed by atoms with van der Waals surface area (Å²) < 4.78 is 11.2. The van der Waals surface area contributed by atoms with E-state index in [-0.39, 0.29) is 5.54 Å². The summed E-state index contributed by atoms with van der Waals surface area (Å²) in [7, 11) is 1.78. The van der Waals surface area contributed by atoms with Gasteiger partial charge in [-0.15, -0.1) is 0 Å². The molecular formula is C15H30N2O2. The van der Waals surface area contributed by atoms with Gasteiger partial charge in [-0.1, -0.05) is 13.8 Å². The van der Waals surface area contributed by atoms with Gasteiger partial charge in [0.15, 0.2) is 0 Å². The molecule has 0 aromatic heterocycles. The van der Waals surface area contributed by atoms with Crippen molar-refractivity contribution in [1.29, 1.82) is 0 Å². The molecule has 2 aliphatic rings. The third kappa shape index (κ3) is 3.48. The molecule has 2 rings (SSSR count). The van der Waals surface area contributed by atoms with E-state index in [0.29, 0.717) is 12.0 Å². The lowest BCUT2D eigenvalue weighted by Gasteiger charge is -2.49. The van der Waals surface area contributed by atoms with Crippen molar-refractivity contribution in [3.8, 4) is 0 Å². The molecule has 1 aliphatic heterocycles. The van der Waals surface area contributed by atoms with Crippen molar-refractivity contribution in [2.24, 2.45) is 11.7 Å². The van der Waals surface area contributed by atoms with Gasteiger partial charge in [-0.3, -0.25) is 4.90 Å². The van der Waals surface area contributed by atoms with Gasteiger partial charge >= 0.3 is 0 Å². The predicted octanol–water partition coefficient (Wildman–Crippen LogP) is 1.63. The van der Waals surface area contributed by atoms with Crippen LogP contribution < -0.4 is 5.73 Å². The molecule has 4 heteroatoms. The summed E-state index contributed by atoms with van der Waals surface area (Å²) in [6.45, 7) is 7.87. The first-order valence-electron chi connectivity index (χ1n) is 7.70. The molecule has 0 aromatic rings. The summed E-state index contributed by atoms with van der Waals surface area (Å²) in [6, 6.07) is 0.726. The predicted molar refractivity (Wildman–Crippen MR) is 77.2 cm³/mol. The first-order chi connectivity index (χ1) is 9.13. The summed E-state index contributed by atoms with van der Waals surface area (Å²) in [4.78, 5) is 2.63. The topological polar surface area (TPSA) is 47.7 Å². The Bertz CT molecular complexity index is 281. The fourth-order valence-electron chi connectivity index (χ4n) is 3.31. The summed E-state index contributed by atoms with van der Waals surface area (Å²) in [5.74, 6) is 0.565. The molecular weight excluding hydrogens is 240 g/mol. The molecule has 2 atom stereocenters. The van der Waals surface area contributed by atoms with Crippen molar-refractivity contribution in [2.75, 3.05) is 33.4 Å². The van der Waals surface area contributed by atoms with Gasteiger partial charge in [-0.25, -0.2) is 0 Å². The van der Waals surface area contributed by atoms with Gasteiger partial charge in [0, 0.05) is 38.4 Å². The normalized spacial score (nSPS) is 32.2. The van der Waals surface area contributed by atoms with Gasteiger partial charge in [-0.05, 0) is 31.6 Å². The molecule has 0 radical (unpaired) electrons. The van der Waals surface area contributed by atoms with Crippen LogP contribution in [0.3, 0.4) is 0 Å². The molecule has 1 saturated heterocycles. The zero-order valence-corrected chi connectivity index (χ0v) is 12.7. The van der Waals surface area contributed by atoms with E-state index < -0.39 is 0 Å². The minimum absolute atomic E-state index is 0.132. The Morgan fingerprint density at radius 2 is 2.16 bits per heavy atom. The van der Waals surface area contributed by atoms with E-state index in [1.54, 1.807) is 7.11 Å². The Balaban J connectivity index is 2.09. The lowest BCUT2D eigenvalue weighted by Crippen LogP contribution is -2.60. The Morgan fingerprint density at radius 3 is 2.68 bits per heavy atom. The highest BCUT2D eigenvalue weighted by Crippen LogP contribution is 2.39. The van der Waals surface area contributed by atoms with Gasteiger partial charge in [0.25, 0.3) is 0 Å². The Labute approximate surface area is 117 Å². The molecule has 19 heavy (non-hydrogen) atoms. The van der Waals surface area contributed by atoms with Crippen LogP contribution in [-0.4, -0.2) is 56.0 Å². The summed E-state index contributed by atoms with van der Waals surface area (Å²) in [5, 5.41) is 0. The van der Waals surface area contributed by atoms with Gasteiger partial charge in [-0.2, -0.15) is 0 Å². The van der Waals surface area contributed by atoms with Crippen molar-refractivity contribution in [2.45, 2.75) is 57.2 Å². The van der Waals surface area contributed by atoms with Crippen molar-refractivity contribution in [1.82, 2.24) is 4.90 Å². The second-order valence-electron chi connectivity index (χ2n) is 6.45. The van der Waals surface area contributed by atoms with Crippen molar-refractivity contribution >= 4 is 0 Å². The third-order valence-electron chi connectivity index (χ3n) is 4.74. The van der Waals surface area contributed by atoms with Crippen LogP contribution >= 0.6 is 0 Å². The van der Waals surface area contributed by atoms with Crippen molar-refractivity contribution in [3.05, 3.63) is 0 Å². The number of nitrogens with two attached hydrogens (primary N) is 1. The van der Waals surface area contributed by atoms with Crippen LogP contribution in [0.4, 0.5) is 0 Å². The number of ether oxygens (including phenoxy) is 2. The zero-order valence-electron chi connectivity index (χ0n) is 12.7. The Hall–Kier alpha value is -0.160. The maximum atomic E-state index is 6.20. The van der Waals surface area contributed by atoms with Crippen LogP contribution in [0.2, 0.25) is 0 Å². The Kier molecular flexibility index (Phi) is 5.23. The number of methoxy groups -OCH3 is 1. The average Bonchev–Trinajstić information content (AvgIpc) is 3.24. The maximum Gasteiger partial charge on any atom is 0.0616 e. The number of nitrogens with zero attached hydrogens (tertiary/aromatic N) is 1. The lowest BCUT2D eigenvalue weighted by atomic mass is 9.81. The molecule has 0 amide bonds. The van der Waals surface area contributed by atoms with Gasteiger partial charge in [0.2, 0.25) is 0 Å². The van der Waals surface area contributed by atoms with Gasteiger partial charge < -0.3 is 15.2 Å². The molecule has 1 saturated carbocycles. The van der Waals surface area contributed by atoms with Crippen LogP contribution in [0, 0.1) is 5.92 Å². The van der Waals surface area contributed by atoms with E-state index in [0.717, 1.165) is 45.2 Å². The van der Waals surface area contributed by atoms with Crippen LogP contribution in [0.5, 0.6) is 0 Å². The molecule has 2 fully saturated rings. The second-order valence-corrected chi connectivity index (χ2v) is 6.45. The molecule has 0 aromatic carbocycles. The standard InChI is InChI=1S/C15H30N2O2/c1-12(2)14-10-15(11-16,6-8-19-14)17(7-9-18-3)13-4-5-13/h12-14H,4-11,16H2,1-3H3. The fourth-order valence-corrected chi connectivity index (χ4v) is 3.31. The van der Waals surface area contributed by atoms with Crippen molar-refractivity contribution < 1.29 is 9.47 Å². The quantitative estimate of drug-likeness (QED) is 0.764. The summed E-state index contributed by atoms with van der Waals surface area (Å²) >= 11 is 0. The highest BCUT2D eigenvalue weighted by molar-refractivity contribution is 5.02. The second kappa shape index (κ2) is 6.53. The van der Waals surface area contributed by atoms with Gasteiger partial charge in [0.1, 0.15) is 0 Å². The highest BCUT2D eigenvalue weighted by Gasteiger charge is 2.46. The molecule has 2 unspecified atom stereocenters. The molecule has 0 bridgehead atoms. The minimum Gasteiger partial charge on any atom is -0.383 e.